The van der Waals surface area contributed by atoms with Crippen LogP contribution in [-0.2, 0) is 19.6 Å². The zero-order valence-corrected chi connectivity index (χ0v) is 19.8. The van der Waals surface area contributed by atoms with E-state index < -0.39 is 34.1 Å². The summed E-state index contributed by atoms with van der Waals surface area (Å²) in [5, 5.41) is 17.6. The number of aliphatic hydroxyl groups excluding tert-OH is 1. The lowest BCUT2D eigenvalue weighted by molar-refractivity contribution is -0.113. The number of carbonyl (C=O) groups is 2. The van der Waals surface area contributed by atoms with Crippen LogP contribution >= 0.6 is 0 Å². The van der Waals surface area contributed by atoms with Gasteiger partial charge in [-0.25, -0.2) is 13.2 Å². The van der Waals surface area contributed by atoms with Crippen LogP contribution in [0.2, 0.25) is 0 Å². The number of piperidine rings is 1. The van der Waals surface area contributed by atoms with Crippen molar-refractivity contribution in [1.82, 2.24) is 4.31 Å². The average Bonchev–Trinajstić information content (AvgIpc) is 2.70. The minimum absolute atomic E-state index is 0.0498. The van der Waals surface area contributed by atoms with Crippen LogP contribution in [0.25, 0.3) is 0 Å². The number of hydrogen-bond donors (Lipinski definition) is 2. The zero-order valence-electron chi connectivity index (χ0n) is 19.0. The van der Waals surface area contributed by atoms with Gasteiger partial charge in [0.2, 0.25) is 10.0 Å². The number of benzene rings is 1. The molecule has 0 amide bonds. The van der Waals surface area contributed by atoms with Gasteiger partial charge in [0.1, 0.15) is 23.0 Å². The molecule has 1 aliphatic heterocycles. The van der Waals surface area contributed by atoms with Gasteiger partial charge in [-0.2, -0.15) is 4.31 Å². The largest absolute Gasteiger partial charge is 0.508 e. The molecule has 1 heterocycles. The molecule has 1 saturated heterocycles. The van der Waals surface area contributed by atoms with Crippen molar-refractivity contribution in [2.45, 2.75) is 39.0 Å². The number of nitrogens with one attached hydrogen (secondary N) is 1. The first-order chi connectivity index (χ1) is 14.9. The minimum atomic E-state index is -3.92. The smallest absolute Gasteiger partial charge is 0.338 e. The first kappa shape index (κ1) is 25.5. The maximum absolute atomic E-state index is 13.3. The summed E-state index contributed by atoms with van der Waals surface area (Å²) in [4.78, 5) is 24.0. The molecule has 0 bridgehead atoms. The standard InChI is InChI=1S/C22H30N2O7S/c1-13-8-14(2)11-24(10-13)32(28,29)20-9-17(6-7-19(20)30-5)22(27)31-12-18(26)21(15(3)23)16(4)25/h6-7,9,13-14,23,26H,8,10-12H2,1-5H3/b21-18-,23-15?. The molecule has 176 valence electrons. The van der Waals surface area contributed by atoms with E-state index in [2.05, 4.69) is 0 Å². The lowest BCUT2D eigenvalue weighted by Gasteiger charge is -2.34. The predicted octanol–water partition coefficient (Wildman–Crippen LogP) is 2.96. The van der Waals surface area contributed by atoms with E-state index in [-0.39, 0.29) is 39.3 Å². The summed E-state index contributed by atoms with van der Waals surface area (Å²) in [5.74, 6) is -1.45. The van der Waals surface area contributed by atoms with Crippen LogP contribution in [-0.4, -0.2) is 62.1 Å². The predicted molar refractivity (Wildman–Crippen MR) is 119 cm³/mol. The third-order valence-corrected chi connectivity index (χ3v) is 7.06. The third kappa shape index (κ3) is 5.74. The minimum Gasteiger partial charge on any atom is -0.508 e. The highest BCUT2D eigenvalue weighted by atomic mass is 32.2. The number of sulfonamides is 1. The second-order valence-electron chi connectivity index (χ2n) is 8.21. The molecule has 1 fully saturated rings. The molecule has 1 aromatic rings. The molecule has 2 unspecified atom stereocenters. The molecule has 0 aromatic heterocycles. The lowest BCUT2D eigenvalue weighted by Crippen LogP contribution is -2.42. The molecule has 2 rings (SSSR count). The number of hydrogen-bond acceptors (Lipinski definition) is 8. The van der Waals surface area contributed by atoms with Crippen LogP contribution in [0.1, 0.15) is 44.5 Å². The maximum atomic E-state index is 13.3. The highest BCUT2D eigenvalue weighted by Gasteiger charge is 2.34. The number of rotatable bonds is 8. The number of Topliss-reactive ketones (excluding diaryl/α,β-unsaturated/α-hetero) is 1. The molecule has 2 atom stereocenters. The fourth-order valence-electron chi connectivity index (χ4n) is 3.92. The van der Waals surface area contributed by atoms with Crippen molar-refractivity contribution in [1.29, 1.82) is 5.41 Å². The van der Waals surface area contributed by atoms with Gasteiger partial charge in [-0.15, -0.1) is 0 Å². The summed E-state index contributed by atoms with van der Waals surface area (Å²) in [5.41, 5.74) is -0.441. The zero-order chi connectivity index (χ0) is 24.2. The molecule has 0 aliphatic carbocycles. The van der Waals surface area contributed by atoms with Crippen LogP contribution in [0.3, 0.4) is 0 Å². The first-order valence-corrected chi connectivity index (χ1v) is 11.7. The van der Waals surface area contributed by atoms with Crippen molar-refractivity contribution >= 4 is 27.5 Å². The Hall–Kier alpha value is -2.72. The summed E-state index contributed by atoms with van der Waals surface area (Å²) >= 11 is 0. The Kier molecular flexibility index (Phi) is 8.19. The van der Waals surface area contributed by atoms with Gasteiger partial charge < -0.3 is 20.0 Å². The van der Waals surface area contributed by atoms with Crippen LogP contribution < -0.4 is 4.74 Å². The van der Waals surface area contributed by atoms with Crippen molar-refractivity contribution in [2.75, 3.05) is 26.8 Å². The van der Waals surface area contributed by atoms with Crippen molar-refractivity contribution in [3.63, 3.8) is 0 Å². The molecule has 0 spiro atoms. The highest BCUT2D eigenvalue weighted by molar-refractivity contribution is 7.89. The number of methoxy groups -OCH3 is 1. The Labute approximate surface area is 188 Å². The summed E-state index contributed by atoms with van der Waals surface area (Å²) in [6, 6.07) is 3.92. The van der Waals surface area contributed by atoms with E-state index in [1.54, 1.807) is 0 Å². The highest BCUT2D eigenvalue weighted by Crippen LogP contribution is 2.32. The Morgan fingerprint density at radius 3 is 2.28 bits per heavy atom. The van der Waals surface area contributed by atoms with Gasteiger partial charge in [0.15, 0.2) is 5.78 Å². The summed E-state index contributed by atoms with van der Waals surface area (Å²) in [6.07, 6.45) is 0.935. The van der Waals surface area contributed by atoms with Crippen LogP contribution in [0.15, 0.2) is 34.4 Å². The van der Waals surface area contributed by atoms with Crippen molar-refractivity contribution in [3.8, 4) is 5.75 Å². The Bertz CT molecular complexity index is 1020. The van der Waals surface area contributed by atoms with Crippen molar-refractivity contribution < 1.29 is 32.6 Å². The molecule has 2 N–H and O–H groups in total. The van der Waals surface area contributed by atoms with Crippen molar-refractivity contribution in [2.24, 2.45) is 11.8 Å². The van der Waals surface area contributed by atoms with Gasteiger partial charge in [-0.1, -0.05) is 13.8 Å². The summed E-state index contributed by atoms with van der Waals surface area (Å²) in [6.45, 7) is 6.63. The number of ether oxygens (including phenoxy) is 2. The quantitative estimate of drug-likeness (QED) is 0.260. The number of allylic oxidation sites excluding steroid dienone is 1. The fourth-order valence-corrected chi connectivity index (χ4v) is 5.78. The molecule has 9 nitrogen and oxygen atoms in total. The second kappa shape index (κ2) is 10.3. The molecule has 0 saturated carbocycles. The number of aliphatic hydroxyl groups is 1. The van der Waals surface area contributed by atoms with Gasteiger partial charge in [-0.3, -0.25) is 4.79 Å². The monoisotopic (exact) mass is 466 g/mol. The summed E-state index contributed by atoms with van der Waals surface area (Å²) < 4.78 is 38.3. The molecule has 1 aromatic carbocycles. The molecule has 0 radical (unpaired) electrons. The van der Waals surface area contributed by atoms with E-state index in [1.807, 2.05) is 13.8 Å². The van der Waals surface area contributed by atoms with Gasteiger partial charge in [0.25, 0.3) is 0 Å². The lowest BCUT2D eigenvalue weighted by atomic mass is 9.94. The van der Waals surface area contributed by atoms with E-state index in [0.29, 0.717) is 13.1 Å². The van der Waals surface area contributed by atoms with E-state index in [4.69, 9.17) is 14.9 Å². The Morgan fingerprint density at radius 1 is 1.19 bits per heavy atom. The SMILES string of the molecule is COc1ccc(C(=O)OC/C(O)=C(\C(C)=N)C(C)=O)cc1S(=O)(=O)N1CC(C)CC(C)C1. The number of ketones is 1. The molecule has 1 aliphatic rings. The molecule has 32 heavy (non-hydrogen) atoms. The van der Waals surface area contributed by atoms with E-state index in [9.17, 15) is 23.1 Å². The number of esters is 1. The third-order valence-electron chi connectivity index (χ3n) is 5.21. The Morgan fingerprint density at radius 2 is 1.78 bits per heavy atom. The number of carbonyl (C=O) groups excluding carboxylic acids is 2. The van der Waals surface area contributed by atoms with Gasteiger partial charge in [0.05, 0.1) is 18.2 Å². The van der Waals surface area contributed by atoms with Crippen molar-refractivity contribution in [3.05, 3.63) is 35.1 Å². The van der Waals surface area contributed by atoms with E-state index in [0.717, 1.165) is 6.42 Å². The molecular formula is C22H30N2O7S. The second-order valence-corrected chi connectivity index (χ2v) is 10.1. The van der Waals surface area contributed by atoms with Crippen LogP contribution in [0.5, 0.6) is 5.75 Å². The van der Waals surface area contributed by atoms with Gasteiger partial charge in [0, 0.05) is 18.8 Å². The fraction of sp³-hybridized carbons (Fsp3) is 0.500. The van der Waals surface area contributed by atoms with Gasteiger partial charge in [-0.05, 0) is 50.3 Å². The normalized spacial score (nSPS) is 20.3. The number of nitrogens with zero attached hydrogens (tertiary/aromatic N) is 1. The average molecular weight is 467 g/mol. The van der Waals surface area contributed by atoms with E-state index in [1.165, 1.54) is 43.5 Å². The molecular weight excluding hydrogens is 436 g/mol. The molecule has 10 heteroatoms. The van der Waals surface area contributed by atoms with Gasteiger partial charge >= 0.3 is 5.97 Å². The van der Waals surface area contributed by atoms with E-state index >= 15 is 0 Å². The summed E-state index contributed by atoms with van der Waals surface area (Å²) in [7, 11) is -2.58. The Balaban J connectivity index is 2.33. The van der Waals surface area contributed by atoms with Crippen LogP contribution in [0, 0.1) is 17.2 Å². The van der Waals surface area contributed by atoms with Crippen LogP contribution in [0.4, 0.5) is 0 Å². The first-order valence-electron chi connectivity index (χ1n) is 10.2. The maximum Gasteiger partial charge on any atom is 0.338 e. The topological polar surface area (TPSA) is 134 Å².